The molecule has 0 aliphatic carbocycles. The van der Waals surface area contributed by atoms with Gasteiger partial charge in [-0.15, -0.1) is 21.5 Å². The van der Waals surface area contributed by atoms with Gasteiger partial charge in [0.15, 0.2) is 11.0 Å². The number of rotatable bonds is 7. The van der Waals surface area contributed by atoms with Gasteiger partial charge in [0.05, 0.1) is 10.6 Å². The van der Waals surface area contributed by atoms with E-state index < -0.39 is 5.97 Å². The molecule has 0 aliphatic heterocycles. The van der Waals surface area contributed by atoms with E-state index in [2.05, 4.69) is 23.4 Å². The first kappa shape index (κ1) is 15.4. The smallest absolute Gasteiger partial charge is 0.313 e. The van der Waals surface area contributed by atoms with Crippen molar-refractivity contribution < 1.29 is 9.90 Å². The second kappa shape index (κ2) is 7.14. The molecule has 2 rings (SSSR count). The van der Waals surface area contributed by atoms with Crippen LogP contribution in [-0.2, 0) is 11.3 Å². The summed E-state index contributed by atoms with van der Waals surface area (Å²) in [7, 11) is 0. The highest BCUT2D eigenvalue weighted by molar-refractivity contribution is 7.99. The second-order valence-corrected chi connectivity index (χ2v) is 7.29. The zero-order chi connectivity index (χ0) is 14.5. The van der Waals surface area contributed by atoms with E-state index in [1.54, 1.807) is 23.1 Å². The van der Waals surface area contributed by atoms with E-state index >= 15 is 0 Å². The van der Waals surface area contributed by atoms with Gasteiger partial charge in [0.1, 0.15) is 0 Å². The molecule has 0 radical (unpaired) electrons. The second-order valence-electron chi connectivity index (χ2n) is 4.12. The van der Waals surface area contributed by atoms with Gasteiger partial charge in [-0.25, -0.2) is 0 Å². The van der Waals surface area contributed by atoms with Crippen molar-refractivity contribution in [3.8, 4) is 10.7 Å². The average molecular weight is 329 g/mol. The van der Waals surface area contributed by atoms with Gasteiger partial charge in [-0.2, -0.15) is 11.8 Å². The number of thiophene rings is 1. The lowest BCUT2D eigenvalue weighted by Crippen LogP contribution is -2.12. The number of aliphatic carboxylic acids is 1. The Morgan fingerprint density at radius 2 is 2.35 bits per heavy atom. The van der Waals surface area contributed by atoms with Crippen LogP contribution in [-0.4, -0.2) is 43.1 Å². The minimum atomic E-state index is -0.847. The van der Waals surface area contributed by atoms with Crippen LogP contribution >= 0.6 is 34.9 Å². The molecule has 0 spiro atoms. The summed E-state index contributed by atoms with van der Waals surface area (Å²) in [4.78, 5) is 11.8. The molecule has 108 valence electrons. The largest absolute Gasteiger partial charge is 0.481 e. The monoisotopic (exact) mass is 329 g/mol. The van der Waals surface area contributed by atoms with Crippen molar-refractivity contribution in [2.75, 3.05) is 12.0 Å². The fourth-order valence-electron chi connectivity index (χ4n) is 1.61. The molecule has 5 nitrogen and oxygen atoms in total. The predicted molar refractivity (Wildman–Crippen MR) is 84.7 cm³/mol. The fourth-order valence-corrected chi connectivity index (χ4v) is 3.29. The highest BCUT2D eigenvalue weighted by Gasteiger charge is 2.17. The SMILES string of the molecule is CSC(C)Cn1c(SCC(=O)O)nnc1-c1cccs1. The summed E-state index contributed by atoms with van der Waals surface area (Å²) in [6.45, 7) is 2.90. The van der Waals surface area contributed by atoms with Crippen molar-refractivity contribution in [2.45, 2.75) is 23.9 Å². The summed E-state index contributed by atoms with van der Waals surface area (Å²) >= 11 is 4.58. The number of carboxylic acids is 1. The standard InChI is InChI=1S/C12H15N3O2S3/c1-8(18-2)6-15-11(9-4-3-5-19-9)13-14-12(15)20-7-10(16)17/h3-5,8H,6-7H2,1-2H3,(H,16,17). The Bertz CT molecular complexity index is 569. The van der Waals surface area contributed by atoms with E-state index in [-0.39, 0.29) is 5.75 Å². The fraction of sp³-hybridized carbons (Fsp3) is 0.417. The zero-order valence-electron chi connectivity index (χ0n) is 11.1. The lowest BCUT2D eigenvalue weighted by Gasteiger charge is -2.13. The Morgan fingerprint density at radius 1 is 1.55 bits per heavy atom. The molecule has 1 atom stereocenters. The Morgan fingerprint density at radius 3 is 2.95 bits per heavy atom. The number of aromatic nitrogens is 3. The Hall–Kier alpha value is -0.990. The van der Waals surface area contributed by atoms with Crippen LogP contribution in [0.25, 0.3) is 10.7 Å². The van der Waals surface area contributed by atoms with Gasteiger partial charge < -0.3 is 9.67 Å². The Kier molecular flexibility index (Phi) is 5.50. The Balaban J connectivity index is 2.29. The maximum atomic E-state index is 10.7. The number of carboxylic acid groups (broad SMARTS) is 1. The molecule has 0 saturated heterocycles. The third-order valence-corrected chi connectivity index (χ3v) is 5.40. The van der Waals surface area contributed by atoms with Gasteiger partial charge >= 0.3 is 5.97 Å². The normalized spacial score (nSPS) is 12.5. The van der Waals surface area contributed by atoms with E-state index in [9.17, 15) is 4.79 Å². The summed E-state index contributed by atoms with van der Waals surface area (Å²) in [6, 6.07) is 3.97. The highest BCUT2D eigenvalue weighted by Crippen LogP contribution is 2.28. The van der Waals surface area contributed by atoms with Crippen molar-refractivity contribution in [1.29, 1.82) is 0 Å². The van der Waals surface area contributed by atoms with Crippen LogP contribution in [0.15, 0.2) is 22.7 Å². The maximum Gasteiger partial charge on any atom is 0.313 e. The van der Waals surface area contributed by atoms with Crippen LogP contribution in [0.1, 0.15) is 6.92 Å². The zero-order valence-corrected chi connectivity index (χ0v) is 13.6. The van der Waals surface area contributed by atoms with Crippen LogP contribution in [0.5, 0.6) is 0 Å². The first-order valence-electron chi connectivity index (χ1n) is 5.96. The molecular formula is C12H15N3O2S3. The minimum Gasteiger partial charge on any atom is -0.481 e. The number of hydrogen-bond donors (Lipinski definition) is 1. The van der Waals surface area contributed by atoms with Crippen molar-refractivity contribution in [1.82, 2.24) is 14.8 Å². The first-order valence-corrected chi connectivity index (χ1v) is 9.11. The molecule has 0 aliphatic rings. The molecule has 0 bridgehead atoms. The van der Waals surface area contributed by atoms with Gasteiger partial charge in [-0.3, -0.25) is 4.79 Å². The predicted octanol–water partition coefficient (Wildman–Crippen LogP) is 2.93. The number of carbonyl (C=O) groups is 1. The van der Waals surface area contributed by atoms with Crippen molar-refractivity contribution in [3.63, 3.8) is 0 Å². The molecule has 20 heavy (non-hydrogen) atoms. The van der Waals surface area contributed by atoms with E-state index in [1.165, 1.54) is 11.8 Å². The van der Waals surface area contributed by atoms with Crippen LogP contribution in [0.4, 0.5) is 0 Å². The number of nitrogens with zero attached hydrogens (tertiary/aromatic N) is 3. The van der Waals surface area contributed by atoms with E-state index in [1.807, 2.05) is 22.1 Å². The van der Waals surface area contributed by atoms with Crippen molar-refractivity contribution >= 4 is 40.8 Å². The van der Waals surface area contributed by atoms with E-state index in [4.69, 9.17) is 5.11 Å². The van der Waals surface area contributed by atoms with E-state index in [0.29, 0.717) is 10.4 Å². The van der Waals surface area contributed by atoms with Gasteiger partial charge in [-0.1, -0.05) is 24.8 Å². The summed E-state index contributed by atoms with van der Waals surface area (Å²) < 4.78 is 2.01. The Labute approximate surface area is 129 Å². The molecule has 0 amide bonds. The minimum absolute atomic E-state index is 0.00375. The third kappa shape index (κ3) is 3.77. The number of hydrogen-bond acceptors (Lipinski definition) is 6. The molecule has 2 aromatic heterocycles. The van der Waals surface area contributed by atoms with Crippen LogP contribution in [0.2, 0.25) is 0 Å². The lowest BCUT2D eigenvalue weighted by atomic mass is 10.4. The molecule has 8 heteroatoms. The molecule has 0 saturated carbocycles. The average Bonchev–Trinajstić information content (AvgIpc) is 3.05. The van der Waals surface area contributed by atoms with Crippen LogP contribution < -0.4 is 0 Å². The van der Waals surface area contributed by atoms with Crippen LogP contribution in [0, 0.1) is 0 Å². The van der Waals surface area contributed by atoms with Gasteiger partial charge in [0, 0.05) is 11.8 Å². The topological polar surface area (TPSA) is 68.0 Å². The van der Waals surface area contributed by atoms with Gasteiger partial charge in [0.25, 0.3) is 0 Å². The summed E-state index contributed by atoms with van der Waals surface area (Å²) in [6.07, 6.45) is 2.06. The molecule has 2 heterocycles. The first-order chi connectivity index (χ1) is 9.61. The van der Waals surface area contributed by atoms with Crippen molar-refractivity contribution in [3.05, 3.63) is 17.5 Å². The molecule has 0 fully saturated rings. The molecular weight excluding hydrogens is 314 g/mol. The lowest BCUT2D eigenvalue weighted by molar-refractivity contribution is -0.133. The summed E-state index contributed by atoms with van der Waals surface area (Å²) in [5, 5.41) is 20.2. The van der Waals surface area contributed by atoms with E-state index in [0.717, 1.165) is 17.2 Å². The molecule has 1 unspecified atom stereocenters. The molecule has 2 aromatic rings. The van der Waals surface area contributed by atoms with Gasteiger partial charge in [0.2, 0.25) is 0 Å². The molecule has 0 aromatic carbocycles. The maximum absolute atomic E-state index is 10.7. The quantitative estimate of drug-likeness (QED) is 0.788. The summed E-state index contributed by atoms with van der Waals surface area (Å²) in [5.41, 5.74) is 0. The van der Waals surface area contributed by atoms with Gasteiger partial charge in [-0.05, 0) is 17.7 Å². The summed E-state index contributed by atoms with van der Waals surface area (Å²) in [5.74, 6) is -0.0371. The van der Waals surface area contributed by atoms with Crippen molar-refractivity contribution in [2.24, 2.45) is 0 Å². The highest BCUT2D eigenvalue weighted by atomic mass is 32.2. The number of thioether (sulfide) groups is 2. The van der Waals surface area contributed by atoms with Crippen LogP contribution in [0.3, 0.4) is 0 Å². The molecule has 1 N–H and O–H groups in total. The third-order valence-electron chi connectivity index (χ3n) is 2.63.